The first-order valence-electron chi connectivity index (χ1n) is 8.29. The van der Waals surface area contributed by atoms with Gasteiger partial charge in [0.25, 0.3) is 0 Å². The highest BCUT2D eigenvalue weighted by atomic mass is 32.1. The molecule has 9 heteroatoms. The maximum absolute atomic E-state index is 12.1. The smallest absolute Gasteiger partial charge is 0.341 e. The van der Waals surface area contributed by atoms with Gasteiger partial charge in [0.15, 0.2) is 11.7 Å². The van der Waals surface area contributed by atoms with Crippen molar-refractivity contribution >= 4 is 34.3 Å². The van der Waals surface area contributed by atoms with Crippen LogP contribution in [0.3, 0.4) is 0 Å². The van der Waals surface area contributed by atoms with Gasteiger partial charge in [-0.2, -0.15) is 0 Å². The second kappa shape index (κ2) is 9.67. The molecule has 0 saturated carbocycles. The lowest BCUT2D eigenvalue weighted by atomic mass is 10.2. The number of carboxylic acids is 1. The largest absolute Gasteiger partial charge is 0.482 e. The summed E-state index contributed by atoms with van der Waals surface area (Å²) in [5.74, 6) is -1.10. The molecular weight excluding hydrogens is 370 g/mol. The topological polar surface area (TPSA) is 118 Å². The molecular formula is C18H21N3O5S. The molecule has 27 heavy (non-hydrogen) atoms. The van der Waals surface area contributed by atoms with Gasteiger partial charge in [-0.15, -0.1) is 11.3 Å². The number of aromatic nitrogens is 1. The molecule has 0 bridgehead atoms. The zero-order chi connectivity index (χ0) is 19.8. The summed E-state index contributed by atoms with van der Waals surface area (Å²) in [7, 11) is 0. The second-order valence-electron chi connectivity index (χ2n) is 6.07. The highest BCUT2D eigenvalue weighted by Gasteiger charge is 2.12. The zero-order valence-electron chi connectivity index (χ0n) is 15.0. The number of hydrogen-bond acceptors (Lipinski definition) is 6. The first-order valence-corrected chi connectivity index (χ1v) is 9.17. The number of hydrogen-bond donors (Lipinski definition) is 3. The maximum Gasteiger partial charge on any atom is 0.341 e. The predicted molar refractivity (Wildman–Crippen MR) is 101 cm³/mol. The number of benzene rings is 1. The van der Waals surface area contributed by atoms with Gasteiger partial charge in [0.05, 0.1) is 12.1 Å². The summed E-state index contributed by atoms with van der Waals surface area (Å²) in [5.41, 5.74) is 1.37. The van der Waals surface area contributed by atoms with Gasteiger partial charge < -0.3 is 20.5 Å². The number of rotatable bonds is 9. The number of carboxylic acid groups (broad SMARTS) is 1. The fourth-order valence-electron chi connectivity index (χ4n) is 2.01. The number of amides is 2. The van der Waals surface area contributed by atoms with Crippen molar-refractivity contribution in [2.75, 3.05) is 11.9 Å². The predicted octanol–water partition coefficient (Wildman–Crippen LogP) is 2.06. The summed E-state index contributed by atoms with van der Waals surface area (Å²) in [6.07, 6.45) is 0.100. The highest BCUT2D eigenvalue weighted by molar-refractivity contribution is 7.13. The van der Waals surface area contributed by atoms with E-state index in [2.05, 4.69) is 15.6 Å². The van der Waals surface area contributed by atoms with E-state index in [1.54, 1.807) is 43.5 Å². The van der Waals surface area contributed by atoms with Crippen LogP contribution in [0.4, 0.5) is 5.13 Å². The van der Waals surface area contributed by atoms with Crippen LogP contribution < -0.4 is 15.4 Å². The summed E-state index contributed by atoms with van der Waals surface area (Å²) in [6.45, 7) is 3.44. The summed E-state index contributed by atoms with van der Waals surface area (Å²) in [6, 6.07) is 6.85. The van der Waals surface area contributed by atoms with Crippen LogP contribution >= 0.6 is 11.3 Å². The van der Waals surface area contributed by atoms with Gasteiger partial charge >= 0.3 is 5.97 Å². The lowest BCUT2D eigenvalue weighted by Crippen LogP contribution is -2.24. The monoisotopic (exact) mass is 391 g/mol. The number of thiazole rings is 1. The van der Waals surface area contributed by atoms with E-state index in [9.17, 15) is 14.4 Å². The van der Waals surface area contributed by atoms with Crippen molar-refractivity contribution in [3.63, 3.8) is 0 Å². The van der Waals surface area contributed by atoms with Crippen molar-refractivity contribution < 1.29 is 24.2 Å². The van der Waals surface area contributed by atoms with Gasteiger partial charge in [-0.05, 0) is 17.7 Å². The third kappa shape index (κ3) is 7.06. The van der Waals surface area contributed by atoms with E-state index in [4.69, 9.17) is 9.84 Å². The van der Waals surface area contributed by atoms with Crippen LogP contribution in [0.25, 0.3) is 0 Å². The van der Waals surface area contributed by atoms with Crippen LogP contribution in [0, 0.1) is 5.92 Å². The molecule has 0 aliphatic carbocycles. The Morgan fingerprint density at radius 2 is 2.07 bits per heavy atom. The van der Waals surface area contributed by atoms with E-state index in [1.807, 2.05) is 0 Å². The number of aliphatic carboxylic acids is 1. The van der Waals surface area contributed by atoms with E-state index >= 15 is 0 Å². The Kier molecular flexibility index (Phi) is 7.30. The first-order chi connectivity index (χ1) is 12.8. The van der Waals surface area contributed by atoms with Gasteiger partial charge in [0.2, 0.25) is 11.8 Å². The molecule has 8 nitrogen and oxygen atoms in total. The molecule has 1 aromatic heterocycles. The first kappa shape index (κ1) is 20.4. The summed E-state index contributed by atoms with van der Waals surface area (Å²) >= 11 is 1.27. The summed E-state index contributed by atoms with van der Waals surface area (Å²) in [4.78, 5) is 38.5. The van der Waals surface area contributed by atoms with Gasteiger partial charge in [-0.3, -0.25) is 9.59 Å². The molecule has 144 valence electrons. The SMILES string of the molecule is CC(C)C(=O)Nc1nc(CC(=O)NCc2cccc(OCC(=O)O)c2)cs1. The number of nitrogens with zero attached hydrogens (tertiary/aromatic N) is 1. The minimum atomic E-state index is -1.05. The zero-order valence-corrected chi connectivity index (χ0v) is 15.8. The molecule has 0 spiro atoms. The normalized spacial score (nSPS) is 10.5. The lowest BCUT2D eigenvalue weighted by molar-refractivity contribution is -0.139. The van der Waals surface area contributed by atoms with E-state index in [-0.39, 0.29) is 30.7 Å². The molecule has 0 radical (unpaired) electrons. The number of carbonyl (C=O) groups excluding carboxylic acids is 2. The Balaban J connectivity index is 1.83. The van der Waals surface area contributed by atoms with E-state index in [1.165, 1.54) is 11.3 Å². The third-order valence-corrected chi connectivity index (χ3v) is 4.20. The second-order valence-corrected chi connectivity index (χ2v) is 6.93. The third-order valence-electron chi connectivity index (χ3n) is 3.40. The van der Waals surface area contributed by atoms with E-state index in [0.717, 1.165) is 5.56 Å². The molecule has 2 amide bonds. The van der Waals surface area contributed by atoms with Crippen LogP contribution in [-0.4, -0.2) is 34.5 Å². The van der Waals surface area contributed by atoms with Crippen LogP contribution in [0.2, 0.25) is 0 Å². The quantitative estimate of drug-likeness (QED) is 0.602. The van der Waals surface area contributed by atoms with E-state index in [0.29, 0.717) is 16.6 Å². The lowest BCUT2D eigenvalue weighted by Gasteiger charge is -2.07. The fraction of sp³-hybridized carbons (Fsp3) is 0.333. The fourth-order valence-corrected chi connectivity index (χ4v) is 2.73. The van der Waals surface area contributed by atoms with Crippen LogP contribution in [0.5, 0.6) is 5.75 Å². The Morgan fingerprint density at radius 3 is 2.78 bits per heavy atom. The van der Waals surface area contributed by atoms with Crippen LogP contribution in [-0.2, 0) is 27.3 Å². The molecule has 0 fully saturated rings. The summed E-state index contributed by atoms with van der Waals surface area (Å²) in [5, 5.41) is 16.3. The Bertz CT molecular complexity index is 819. The van der Waals surface area contributed by atoms with Gasteiger partial charge in [0, 0.05) is 17.8 Å². The number of carbonyl (C=O) groups is 3. The van der Waals surface area contributed by atoms with Crippen molar-refractivity contribution in [2.45, 2.75) is 26.8 Å². The molecule has 2 rings (SSSR count). The van der Waals surface area contributed by atoms with Crippen LogP contribution in [0.15, 0.2) is 29.6 Å². The van der Waals surface area contributed by atoms with Gasteiger partial charge in [0.1, 0.15) is 5.75 Å². The molecule has 0 aliphatic rings. The Morgan fingerprint density at radius 1 is 1.30 bits per heavy atom. The molecule has 1 heterocycles. The van der Waals surface area contributed by atoms with Gasteiger partial charge in [-0.1, -0.05) is 26.0 Å². The molecule has 3 N–H and O–H groups in total. The van der Waals surface area contributed by atoms with Crippen molar-refractivity contribution in [3.8, 4) is 5.75 Å². The Labute approximate surface area is 160 Å². The number of anilines is 1. The molecule has 0 saturated heterocycles. The molecule has 0 unspecified atom stereocenters. The van der Waals surface area contributed by atoms with E-state index < -0.39 is 12.6 Å². The number of nitrogens with one attached hydrogen (secondary N) is 2. The average Bonchev–Trinajstić information content (AvgIpc) is 3.05. The molecule has 0 aliphatic heterocycles. The Hall–Kier alpha value is -2.94. The molecule has 1 aromatic carbocycles. The maximum atomic E-state index is 12.1. The minimum absolute atomic E-state index is 0.100. The standard InChI is InChI=1S/C18H21N3O5S/c1-11(2)17(25)21-18-20-13(10-27-18)7-15(22)19-8-12-4-3-5-14(6-12)26-9-16(23)24/h3-6,10-11H,7-9H2,1-2H3,(H,19,22)(H,23,24)(H,20,21,25). The highest BCUT2D eigenvalue weighted by Crippen LogP contribution is 2.17. The van der Waals surface area contributed by atoms with Crippen molar-refractivity contribution in [1.82, 2.24) is 10.3 Å². The van der Waals surface area contributed by atoms with Crippen molar-refractivity contribution in [1.29, 1.82) is 0 Å². The molecule has 2 aromatic rings. The summed E-state index contributed by atoms with van der Waals surface area (Å²) < 4.78 is 5.11. The minimum Gasteiger partial charge on any atom is -0.482 e. The average molecular weight is 391 g/mol. The van der Waals surface area contributed by atoms with Crippen LogP contribution in [0.1, 0.15) is 25.1 Å². The molecule has 0 atom stereocenters. The number of ether oxygens (including phenoxy) is 1. The van der Waals surface area contributed by atoms with Gasteiger partial charge in [-0.25, -0.2) is 9.78 Å². The van der Waals surface area contributed by atoms with Crippen molar-refractivity contribution in [2.24, 2.45) is 5.92 Å². The van der Waals surface area contributed by atoms with Crippen molar-refractivity contribution in [3.05, 3.63) is 40.9 Å².